The number of hydrogen-bond donors (Lipinski definition) is 8. The Bertz CT molecular complexity index is 1910. The van der Waals surface area contributed by atoms with Gasteiger partial charge in [0, 0.05) is 29.4 Å². The van der Waals surface area contributed by atoms with E-state index in [1.165, 1.54) is 24.3 Å². The number of hydrogen-bond acceptors (Lipinski definition) is 22. The first-order valence-corrected chi connectivity index (χ1v) is 20.2. The van der Waals surface area contributed by atoms with Crippen molar-refractivity contribution in [2.45, 2.75) is 107 Å². The maximum absolute atomic E-state index is 13.3. The second-order valence-electron chi connectivity index (χ2n) is 14.9. The third-order valence-corrected chi connectivity index (χ3v) is 11.0. The molecule has 0 amide bonds. The van der Waals surface area contributed by atoms with E-state index in [4.69, 9.17) is 47.4 Å². The van der Waals surface area contributed by atoms with Crippen LogP contribution in [0.1, 0.15) is 32.3 Å². The molecule has 0 bridgehead atoms. The number of allylic oxidation sites excluding steroid dienone is 2. The smallest absolute Gasteiger partial charge is 0.337 e. The lowest BCUT2D eigenvalue weighted by Crippen LogP contribution is -2.60. The highest BCUT2D eigenvalue weighted by atomic mass is 16.8. The minimum atomic E-state index is -1.75. The van der Waals surface area contributed by atoms with E-state index in [-0.39, 0.29) is 47.5 Å². The van der Waals surface area contributed by atoms with E-state index in [1.807, 2.05) is 0 Å². The highest BCUT2D eigenvalue weighted by Crippen LogP contribution is 2.38. The fourth-order valence-corrected chi connectivity index (χ4v) is 7.42. The molecular formula is C42H54O22. The molecule has 354 valence electrons. The minimum Gasteiger partial charge on any atom is -0.468 e. The van der Waals surface area contributed by atoms with Crippen LogP contribution in [0.25, 0.3) is 0 Å². The number of ether oxygens (including phenoxy) is 10. The van der Waals surface area contributed by atoms with E-state index in [0.29, 0.717) is 5.56 Å². The molecular weight excluding hydrogens is 856 g/mol. The van der Waals surface area contributed by atoms with E-state index >= 15 is 0 Å². The monoisotopic (exact) mass is 910 g/mol. The van der Waals surface area contributed by atoms with Crippen molar-refractivity contribution in [1.82, 2.24) is 0 Å². The normalized spacial score (nSPS) is 34.1. The van der Waals surface area contributed by atoms with Crippen LogP contribution < -0.4 is 4.74 Å². The molecule has 22 nitrogen and oxygen atoms in total. The predicted octanol–water partition coefficient (Wildman–Crippen LogP) is -1.96. The van der Waals surface area contributed by atoms with Gasteiger partial charge in [0.1, 0.15) is 54.6 Å². The fourth-order valence-electron chi connectivity index (χ4n) is 7.42. The van der Waals surface area contributed by atoms with Crippen molar-refractivity contribution in [3.63, 3.8) is 0 Å². The fraction of sp³-hybridized carbons (Fsp3) is 0.571. The molecule has 0 aromatic heterocycles. The number of methoxy groups -OCH3 is 2. The lowest BCUT2D eigenvalue weighted by Gasteiger charge is -2.41. The molecule has 8 N–H and O–H groups in total. The van der Waals surface area contributed by atoms with Gasteiger partial charge in [0.25, 0.3) is 0 Å². The van der Waals surface area contributed by atoms with Crippen molar-refractivity contribution in [1.29, 1.82) is 0 Å². The van der Waals surface area contributed by atoms with Crippen LogP contribution in [0.2, 0.25) is 0 Å². The van der Waals surface area contributed by atoms with Crippen LogP contribution in [0, 0.1) is 11.8 Å². The quantitative estimate of drug-likeness (QED) is 0.0386. The van der Waals surface area contributed by atoms with E-state index in [1.54, 1.807) is 26.0 Å². The van der Waals surface area contributed by atoms with Crippen LogP contribution in [0.5, 0.6) is 5.75 Å². The van der Waals surface area contributed by atoms with Crippen LogP contribution in [-0.2, 0) is 68.2 Å². The van der Waals surface area contributed by atoms with Gasteiger partial charge >= 0.3 is 23.9 Å². The number of benzene rings is 1. The molecule has 14 atom stereocenters. The molecule has 1 aromatic carbocycles. The number of rotatable bonds is 16. The van der Waals surface area contributed by atoms with Crippen molar-refractivity contribution in [2.75, 3.05) is 34.0 Å². The summed E-state index contributed by atoms with van der Waals surface area (Å²) in [6.45, 7) is 1.68. The van der Waals surface area contributed by atoms with Gasteiger partial charge in [-0.15, -0.1) is 0 Å². The average molecular weight is 911 g/mol. The molecule has 1 aromatic rings. The molecule has 0 radical (unpaired) electrons. The standard InChI is InChI=1S/C42H54O22/c1-5-21-23(25(37(53)55-3)17-58-39(21)63-41-35(51)33(49)31(47)27(15-43)61-41)13-29(45)57-12-11-19-7-9-20(10-8-19)60-30(46)14-24-22(6-2)40(59-18-26(24)38(54)56-4)64-42-36(52)34(50)32(48)28(16-44)62-42/h5-10,17-18,23-24,27-28,31-36,39-44,47-52H,11-16H2,1-4H3/t23-,24-,27+,28+,31+,32+,33-,34-,35+,36+,39-,40-,41-,42-/m0/s1. The molecule has 2 saturated heterocycles. The SMILES string of the molecule is CC=C1[C@H](O[C@@H]2O[C@H](CO)[C@@H](O)[C@H](O)[C@H]2O)OC=C(C(=O)OC)[C@H]1CC(=O)OCCc1ccc(OC(=O)C[C@@H]2C(C(=O)OC)=CO[C@@H](O[C@@H]3O[C@H](CO)[C@@H](O)[C@H](O)[C@H]3O)C2=CC)cc1. The lowest BCUT2D eigenvalue weighted by molar-refractivity contribution is -0.327. The largest absolute Gasteiger partial charge is 0.468 e. The van der Waals surface area contributed by atoms with Gasteiger partial charge in [0.05, 0.1) is 70.6 Å². The van der Waals surface area contributed by atoms with Gasteiger partial charge in [0.15, 0.2) is 12.6 Å². The van der Waals surface area contributed by atoms with Crippen LogP contribution in [0.15, 0.2) is 71.2 Å². The maximum atomic E-state index is 13.3. The van der Waals surface area contributed by atoms with Crippen LogP contribution in [0.4, 0.5) is 0 Å². The molecule has 0 aliphatic carbocycles. The molecule has 22 heteroatoms. The van der Waals surface area contributed by atoms with Gasteiger partial charge in [-0.3, -0.25) is 9.59 Å². The van der Waals surface area contributed by atoms with Crippen molar-refractivity contribution in [3.8, 4) is 5.75 Å². The second kappa shape index (κ2) is 22.9. The highest BCUT2D eigenvalue weighted by molar-refractivity contribution is 5.91. The number of carbonyl (C=O) groups excluding carboxylic acids is 4. The first kappa shape index (κ1) is 50.2. The first-order valence-electron chi connectivity index (χ1n) is 20.2. The number of carbonyl (C=O) groups is 4. The molecule has 0 spiro atoms. The highest BCUT2D eigenvalue weighted by Gasteiger charge is 2.48. The van der Waals surface area contributed by atoms with Crippen LogP contribution >= 0.6 is 0 Å². The van der Waals surface area contributed by atoms with Crippen molar-refractivity contribution in [2.24, 2.45) is 11.8 Å². The Labute approximate surface area is 366 Å². The molecule has 4 aliphatic rings. The van der Waals surface area contributed by atoms with Gasteiger partial charge in [-0.25, -0.2) is 9.59 Å². The van der Waals surface area contributed by atoms with E-state index in [2.05, 4.69) is 0 Å². The summed E-state index contributed by atoms with van der Waals surface area (Å²) in [7, 11) is 2.28. The van der Waals surface area contributed by atoms with Crippen LogP contribution in [-0.4, -0.2) is 173 Å². The molecule has 2 fully saturated rings. The Morgan fingerprint density at radius 3 is 1.47 bits per heavy atom. The van der Waals surface area contributed by atoms with Gasteiger partial charge in [-0.05, 0) is 31.5 Å². The average Bonchev–Trinajstić information content (AvgIpc) is 3.29. The Balaban J connectivity index is 1.17. The van der Waals surface area contributed by atoms with E-state index < -0.39 is 129 Å². The summed E-state index contributed by atoms with van der Waals surface area (Å²) in [5.41, 5.74) is 1.08. The van der Waals surface area contributed by atoms with Crippen molar-refractivity contribution >= 4 is 23.9 Å². The zero-order chi connectivity index (χ0) is 46.8. The second-order valence-corrected chi connectivity index (χ2v) is 14.9. The Morgan fingerprint density at radius 2 is 1.06 bits per heavy atom. The Kier molecular flexibility index (Phi) is 17.9. The van der Waals surface area contributed by atoms with Gasteiger partial charge < -0.3 is 88.2 Å². The zero-order valence-corrected chi connectivity index (χ0v) is 35.2. The van der Waals surface area contributed by atoms with Crippen molar-refractivity contribution < 1.29 is 107 Å². The molecule has 4 heterocycles. The van der Waals surface area contributed by atoms with Gasteiger partial charge in [0.2, 0.25) is 12.6 Å². The lowest BCUT2D eigenvalue weighted by atomic mass is 9.86. The summed E-state index contributed by atoms with van der Waals surface area (Å²) in [6.07, 6.45) is -14.0. The summed E-state index contributed by atoms with van der Waals surface area (Å²) in [5, 5.41) is 80.8. The summed E-state index contributed by atoms with van der Waals surface area (Å²) in [5.74, 6) is -4.95. The molecule has 0 saturated carbocycles. The van der Waals surface area contributed by atoms with Crippen molar-refractivity contribution in [3.05, 3.63) is 76.8 Å². The third kappa shape index (κ3) is 11.5. The minimum absolute atomic E-state index is 0.0381. The Morgan fingerprint density at radius 1 is 0.625 bits per heavy atom. The van der Waals surface area contributed by atoms with Gasteiger partial charge in [-0.2, -0.15) is 0 Å². The summed E-state index contributed by atoms with van der Waals surface area (Å²) < 4.78 is 54.4. The maximum Gasteiger partial charge on any atom is 0.337 e. The third-order valence-electron chi connectivity index (χ3n) is 11.0. The number of aliphatic hydroxyl groups excluding tert-OH is 8. The number of esters is 4. The topological polar surface area (TPSA) is 322 Å². The summed E-state index contributed by atoms with van der Waals surface area (Å²) in [4.78, 5) is 51.9. The van der Waals surface area contributed by atoms with E-state index in [9.17, 15) is 60.0 Å². The molecule has 4 aliphatic heterocycles. The summed E-state index contributed by atoms with van der Waals surface area (Å²) >= 11 is 0. The van der Waals surface area contributed by atoms with Gasteiger partial charge in [-0.1, -0.05) is 24.3 Å². The molecule has 0 unspecified atom stereocenters. The molecule has 64 heavy (non-hydrogen) atoms. The first-order chi connectivity index (χ1) is 30.6. The van der Waals surface area contributed by atoms with E-state index in [0.717, 1.165) is 26.7 Å². The molecule has 5 rings (SSSR count). The number of aliphatic hydroxyl groups is 8. The predicted molar refractivity (Wildman–Crippen MR) is 210 cm³/mol. The summed E-state index contributed by atoms with van der Waals surface area (Å²) in [6, 6.07) is 6.26. The Hall–Kier alpha value is -4.82. The van der Waals surface area contributed by atoms with Crippen LogP contribution in [0.3, 0.4) is 0 Å². The zero-order valence-electron chi connectivity index (χ0n) is 35.2.